The Morgan fingerprint density at radius 1 is 1.26 bits per heavy atom. The molecule has 0 radical (unpaired) electrons. The number of ether oxygens (including phenoxy) is 1. The van der Waals surface area contributed by atoms with Gasteiger partial charge in [-0.1, -0.05) is 12.1 Å². The Labute approximate surface area is 140 Å². The van der Waals surface area contributed by atoms with Crippen LogP contribution in [0.5, 0.6) is 5.75 Å². The number of rotatable bonds is 7. The summed E-state index contributed by atoms with van der Waals surface area (Å²) in [6.45, 7) is 5.17. The second kappa shape index (κ2) is 7.92. The van der Waals surface area contributed by atoms with Crippen molar-refractivity contribution in [3.63, 3.8) is 0 Å². The highest BCUT2D eigenvalue weighted by molar-refractivity contribution is 7.07. The number of hydrogen-bond donors (Lipinski definition) is 1. The van der Waals surface area contributed by atoms with Gasteiger partial charge in [0.2, 0.25) is 0 Å². The fourth-order valence-electron chi connectivity index (χ4n) is 2.22. The maximum Gasteiger partial charge on any atom is 0.260 e. The van der Waals surface area contributed by atoms with E-state index < -0.39 is 6.10 Å². The molecular weight excluding hydrogens is 310 g/mol. The third kappa shape index (κ3) is 5.21. The predicted molar refractivity (Wildman–Crippen MR) is 92.2 cm³/mol. The Kier molecular flexibility index (Phi) is 5.93. The van der Waals surface area contributed by atoms with E-state index in [9.17, 15) is 9.59 Å². The van der Waals surface area contributed by atoms with Gasteiger partial charge >= 0.3 is 0 Å². The molecule has 4 nitrogen and oxygen atoms in total. The third-order valence-corrected chi connectivity index (χ3v) is 4.17. The lowest BCUT2D eigenvalue weighted by Gasteiger charge is -2.18. The second-order valence-corrected chi connectivity index (χ2v) is 6.37. The molecule has 2 rings (SSSR count). The molecule has 5 heteroatoms. The number of carbonyl (C=O) groups is 2. The lowest BCUT2D eigenvalue weighted by atomic mass is 10.1. The summed E-state index contributed by atoms with van der Waals surface area (Å²) in [7, 11) is 0. The number of Topliss-reactive ketones (excluding diaryl/α,β-unsaturated/α-hetero) is 1. The molecule has 1 N–H and O–H groups in total. The highest BCUT2D eigenvalue weighted by atomic mass is 32.1. The Bertz CT molecular complexity index is 667. The van der Waals surface area contributed by atoms with Crippen LogP contribution in [0, 0.1) is 0 Å². The molecule has 0 bridgehead atoms. The smallest absolute Gasteiger partial charge is 0.260 e. The molecule has 0 saturated heterocycles. The van der Waals surface area contributed by atoms with Gasteiger partial charge < -0.3 is 10.1 Å². The molecule has 0 unspecified atom stereocenters. The highest BCUT2D eigenvalue weighted by Crippen LogP contribution is 2.15. The summed E-state index contributed by atoms with van der Waals surface area (Å²) < 4.78 is 5.64. The normalized spacial score (nSPS) is 13.2. The Morgan fingerprint density at radius 3 is 2.70 bits per heavy atom. The number of ketones is 1. The lowest BCUT2D eigenvalue weighted by molar-refractivity contribution is -0.127. The van der Waals surface area contributed by atoms with E-state index in [1.54, 1.807) is 42.5 Å². The van der Waals surface area contributed by atoms with Crippen molar-refractivity contribution >= 4 is 23.0 Å². The summed E-state index contributed by atoms with van der Waals surface area (Å²) in [5, 5.41) is 7.05. The molecule has 0 spiro atoms. The second-order valence-electron chi connectivity index (χ2n) is 5.59. The van der Waals surface area contributed by atoms with Crippen molar-refractivity contribution in [2.24, 2.45) is 0 Å². The molecule has 1 aromatic heterocycles. The summed E-state index contributed by atoms with van der Waals surface area (Å²) in [6.07, 6.45) is 0.170. The van der Waals surface area contributed by atoms with Gasteiger partial charge in [0, 0.05) is 11.6 Å². The summed E-state index contributed by atoms with van der Waals surface area (Å²) in [5.41, 5.74) is 1.78. The minimum atomic E-state index is -0.623. The Balaban J connectivity index is 1.89. The topological polar surface area (TPSA) is 55.4 Å². The maximum atomic E-state index is 12.2. The molecule has 0 aliphatic rings. The first-order valence-corrected chi connectivity index (χ1v) is 8.49. The molecule has 1 amide bonds. The average Bonchev–Trinajstić information content (AvgIpc) is 3.00. The molecule has 122 valence electrons. The first-order valence-electron chi connectivity index (χ1n) is 7.55. The SMILES string of the molecule is CC(=O)c1cccc(O[C@H](C)C(=O)N[C@H](C)Cc2ccsc2)c1. The van der Waals surface area contributed by atoms with Gasteiger partial charge in [-0.05, 0) is 61.7 Å². The first-order chi connectivity index (χ1) is 11.0. The van der Waals surface area contributed by atoms with Crippen LogP contribution >= 0.6 is 11.3 Å². The van der Waals surface area contributed by atoms with Crippen LogP contribution in [0.4, 0.5) is 0 Å². The van der Waals surface area contributed by atoms with Gasteiger partial charge in [0.25, 0.3) is 5.91 Å². The van der Waals surface area contributed by atoms with Crippen molar-refractivity contribution in [3.8, 4) is 5.75 Å². The summed E-state index contributed by atoms with van der Waals surface area (Å²) in [5.74, 6) is 0.323. The molecule has 0 saturated carbocycles. The molecule has 0 fully saturated rings. The minimum Gasteiger partial charge on any atom is -0.481 e. The van der Waals surface area contributed by atoms with E-state index in [0.29, 0.717) is 11.3 Å². The van der Waals surface area contributed by atoms with Crippen LogP contribution in [0.25, 0.3) is 0 Å². The fraction of sp³-hybridized carbons (Fsp3) is 0.333. The monoisotopic (exact) mass is 331 g/mol. The number of amides is 1. The van der Waals surface area contributed by atoms with Crippen molar-refractivity contribution in [1.29, 1.82) is 0 Å². The van der Waals surface area contributed by atoms with Gasteiger partial charge in [0.1, 0.15) is 5.75 Å². The fourth-order valence-corrected chi connectivity index (χ4v) is 2.90. The van der Waals surface area contributed by atoms with E-state index in [2.05, 4.69) is 16.8 Å². The Morgan fingerprint density at radius 2 is 2.04 bits per heavy atom. The van der Waals surface area contributed by atoms with Crippen molar-refractivity contribution < 1.29 is 14.3 Å². The molecule has 0 aliphatic carbocycles. The molecule has 2 aromatic rings. The van der Waals surface area contributed by atoms with Gasteiger partial charge in [-0.25, -0.2) is 0 Å². The summed E-state index contributed by atoms with van der Waals surface area (Å²) >= 11 is 1.65. The highest BCUT2D eigenvalue weighted by Gasteiger charge is 2.17. The first kappa shape index (κ1) is 17.2. The van der Waals surface area contributed by atoms with Gasteiger partial charge in [-0.15, -0.1) is 0 Å². The molecule has 0 aliphatic heterocycles. The van der Waals surface area contributed by atoms with Crippen LogP contribution < -0.4 is 10.1 Å². The van der Waals surface area contributed by atoms with Crippen LogP contribution in [0.2, 0.25) is 0 Å². The molecular formula is C18H21NO3S. The van der Waals surface area contributed by atoms with Crippen LogP contribution in [-0.4, -0.2) is 23.8 Å². The van der Waals surface area contributed by atoms with Gasteiger partial charge in [-0.3, -0.25) is 9.59 Å². The summed E-state index contributed by atoms with van der Waals surface area (Å²) in [4.78, 5) is 23.6. The number of nitrogens with one attached hydrogen (secondary N) is 1. The zero-order valence-electron chi connectivity index (χ0n) is 13.5. The van der Waals surface area contributed by atoms with Gasteiger partial charge in [0.05, 0.1) is 0 Å². The van der Waals surface area contributed by atoms with Crippen LogP contribution in [0.1, 0.15) is 36.7 Å². The van der Waals surface area contributed by atoms with Crippen molar-refractivity contribution in [3.05, 3.63) is 52.2 Å². The van der Waals surface area contributed by atoms with Crippen molar-refractivity contribution in [1.82, 2.24) is 5.32 Å². The lowest BCUT2D eigenvalue weighted by Crippen LogP contribution is -2.42. The van der Waals surface area contributed by atoms with Crippen molar-refractivity contribution in [2.75, 3.05) is 0 Å². The number of carbonyl (C=O) groups excluding carboxylic acids is 2. The van der Waals surface area contributed by atoms with E-state index in [-0.39, 0.29) is 17.7 Å². The quantitative estimate of drug-likeness (QED) is 0.791. The zero-order chi connectivity index (χ0) is 16.8. The molecule has 2 atom stereocenters. The van der Waals surface area contributed by atoms with E-state index >= 15 is 0 Å². The van der Waals surface area contributed by atoms with E-state index in [1.807, 2.05) is 12.3 Å². The van der Waals surface area contributed by atoms with Crippen molar-refractivity contribution in [2.45, 2.75) is 39.3 Å². The maximum absolute atomic E-state index is 12.2. The van der Waals surface area contributed by atoms with Gasteiger partial charge in [0.15, 0.2) is 11.9 Å². The van der Waals surface area contributed by atoms with Crippen LogP contribution in [-0.2, 0) is 11.2 Å². The zero-order valence-corrected chi connectivity index (χ0v) is 14.4. The number of hydrogen-bond acceptors (Lipinski definition) is 4. The summed E-state index contributed by atoms with van der Waals surface area (Å²) in [6, 6.07) is 8.96. The largest absolute Gasteiger partial charge is 0.481 e. The van der Waals surface area contributed by atoms with Crippen LogP contribution in [0.3, 0.4) is 0 Å². The Hall–Kier alpha value is -2.14. The minimum absolute atomic E-state index is 0.0306. The third-order valence-electron chi connectivity index (χ3n) is 3.43. The predicted octanol–water partition coefficient (Wildman–Crippen LogP) is 3.47. The number of thiophene rings is 1. The van der Waals surface area contributed by atoms with E-state index in [1.165, 1.54) is 12.5 Å². The molecule has 1 aromatic carbocycles. The molecule has 23 heavy (non-hydrogen) atoms. The van der Waals surface area contributed by atoms with E-state index in [0.717, 1.165) is 6.42 Å². The molecule has 1 heterocycles. The van der Waals surface area contributed by atoms with Gasteiger partial charge in [-0.2, -0.15) is 11.3 Å². The van der Waals surface area contributed by atoms with E-state index in [4.69, 9.17) is 4.74 Å². The average molecular weight is 331 g/mol. The van der Waals surface area contributed by atoms with Crippen LogP contribution in [0.15, 0.2) is 41.1 Å². The number of benzene rings is 1. The standard InChI is InChI=1S/C18H21NO3S/c1-12(9-15-7-8-23-11-15)19-18(21)14(3)22-17-6-4-5-16(10-17)13(2)20/h4-8,10-12,14H,9H2,1-3H3,(H,19,21)/t12-,14-/m1/s1.